The van der Waals surface area contributed by atoms with E-state index >= 15 is 0 Å². The summed E-state index contributed by atoms with van der Waals surface area (Å²) in [6.45, 7) is 0.890. The highest BCUT2D eigenvalue weighted by atomic mass is 16.5. The van der Waals surface area contributed by atoms with Crippen molar-refractivity contribution in [2.24, 2.45) is 0 Å². The number of aryl methyl sites for hydroxylation is 1. The molecule has 0 aliphatic rings. The van der Waals surface area contributed by atoms with Crippen LogP contribution in [0, 0.1) is 0 Å². The van der Waals surface area contributed by atoms with Crippen LogP contribution >= 0.6 is 0 Å². The van der Waals surface area contributed by atoms with Crippen LogP contribution in [0.15, 0.2) is 24.3 Å². The fraction of sp³-hybridized carbons (Fsp3) is 0.417. The molecule has 0 aromatic heterocycles. The number of carboxylic acids is 1. The topological polar surface area (TPSA) is 66.8 Å². The number of aromatic carboxylic acids is 1. The van der Waals surface area contributed by atoms with Gasteiger partial charge in [0.25, 0.3) is 0 Å². The van der Waals surface area contributed by atoms with Gasteiger partial charge in [-0.15, -0.1) is 0 Å². The van der Waals surface area contributed by atoms with Crippen LogP contribution in [0.1, 0.15) is 22.3 Å². The molecule has 16 heavy (non-hydrogen) atoms. The Kier molecular flexibility index (Phi) is 5.53. The van der Waals surface area contributed by atoms with E-state index < -0.39 is 5.97 Å². The van der Waals surface area contributed by atoms with E-state index in [4.69, 9.17) is 14.9 Å². The second kappa shape index (κ2) is 6.98. The molecule has 0 unspecified atom stereocenters. The molecule has 1 rings (SSSR count). The summed E-state index contributed by atoms with van der Waals surface area (Å²) in [5.41, 5.74) is 1.17. The number of aliphatic hydroxyl groups excluding tert-OH is 1. The lowest BCUT2D eigenvalue weighted by atomic mass is 10.0. The van der Waals surface area contributed by atoms with Crippen LogP contribution in [0.2, 0.25) is 0 Å². The lowest BCUT2D eigenvalue weighted by Crippen LogP contribution is -2.05. The van der Waals surface area contributed by atoms with Gasteiger partial charge in [-0.3, -0.25) is 0 Å². The normalized spacial score (nSPS) is 10.3. The maximum Gasteiger partial charge on any atom is 0.335 e. The molecule has 0 aliphatic carbocycles. The zero-order chi connectivity index (χ0) is 11.8. The van der Waals surface area contributed by atoms with Gasteiger partial charge in [0.05, 0.1) is 18.8 Å². The molecule has 0 amide bonds. The first-order valence-corrected chi connectivity index (χ1v) is 5.25. The molecule has 1 aromatic rings. The molecule has 0 heterocycles. The highest BCUT2D eigenvalue weighted by Gasteiger charge is 2.07. The maximum atomic E-state index is 10.9. The zero-order valence-corrected chi connectivity index (χ0v) is 9.06. The molecule has 0 saturated carbocycles. The standard InChI is InChI=1S/C12H16O4/c13-7-9-16-8-3-5-10-4-1-2-6-11(10)12(14)15/h1-2,4,6,13H,3,5,7-9H2,(H,14,15). The number of aliphatic hydroxyl groups is 1. The van der Waals surface area contributed by atoms with Gasteiger partial charge >= 0.3 is 5.97 Å². The lowest BCUT2D eigenvalue weighted by molar-refractivity contribution is 0.0695. The van der Waals surface area contributed by atoms with Gasteiger partial charge in [0.1, 0.15) is 0 Å². The molecule has 0 spiro atoms. The minimum Gasteiger partial charge on any atom is -0.478 e. The molecule has 0 aliphatic heterocycles. The van der Waals surface area contributed by atoms with Crippen LogP contribution in [-0.4, -0.2) is 36.0 Å². The Labute approximate surface area is 94.5 Å². The first-order chi connectivity index (χ1) is 7.75. The summed E-state index contributed by atoms with van der Waals surface area (Å²) in [6, 6.07) is 6.97. The van der Waals surface area contributed by atoms with Crippen LogP contribution in [0.4, 0.5) is 0 Å². The van der Waals surface area contributed by atoms with E-state index in [1.807, 2.05) is 12.1 Å². The van der Waals surface area contributed by atoms with Crippen molar-refractivity contribution >= 4 is 5.97 Å². The molecular formula is C12H16O4. The average molecular weight is 224 g/mol. The van der Waals surface area contributed by atoms with E-state index in [-0.39, 0.29) is 6.61 Å². The Bertz CT molecular complexity index is 336. The minimum atomic E-state index is -0.896. The molecule has 4 nitrogen and oxygen atoms in total. The molecule has 0 fully saturated rings. The van der Waals surface area contributed by atoms with Gasteiger partial charge in [0, 0.05) is 6.61 Å². The number of hydrogen-bond donors (Lipinski definition) is 2. The minimum absolute atomic E-state index is 0.0196. The summed E-state index contributed by atoms with van der Waals surface area (Å²) >= 11 is 0. The van der Waals surface area contributed by atoms with Crippen LogP contribution in [0.3, 0.4) is 0 Å². The van der Waals surface area contributed by atoms with Crippen molar-refractivity contribution in [1.82, 2.24) is 0 Å². The van der Waals surface area contributed by atoms with Crippen molar-refractivity contribution < 1.29 is 19.7 Å². The number of carbonyl (C=O) groups is 1. The lowest BCUT2D eigenvalue weighted by Gasteiger charge is -2.05. The van der Waals surface area contributed by atoms with E-state index in [9.17, 15) is 4.79 Å². The fourth-order valence-electron chi connectivity index (χ4n) is 1.48. The second-order valence-corrected chi connectivity index (χ2v) is 3.40. The molecule has 88 valence electrons. The van der Waals surface area contributed by atoms with E-state index in [0.717, 1.165) is 12.0 Å². The van der Waals surface area contributed by atoms with E-state index in [1.165, 1.54) is 0 Å². The molecule has 0 saturated heterocycles. The quantitative estimate of drug-likeness (QED) is 0.686. The summed E-state index contributed by atoms with van der Waals surface area (Å²) in [7, 11) is 0. The Morgan fingerprint density at radius 1 is 1.25 bits per heavy atom. The van der Waals surface area contributed by atoms with E-state index in [2.05, 4.69) is 0 Å². The summed E-state index contributed by atoms with van der Waals surface area (Å²) in [6.07, 6.45) is 1.43. The third-order valence-corrected chi connectivity index (χ3v) is 2.22. The molecule has 2 N–H and O–H groups in total. The van der Waals surface area contributed by atoms with Gasteiger partial charge in [-0.1, -0.05) is 18.2 Å². The van der Waals surface area contributed by atoms with Gasteiger partial charge in [0.2, 0.25) is 0 Å². The van der Waals surface area contributed by atoms with Crippen molar-refractivity contribution in [3.63, 3.8) is 0 Å². The molecule has 4 heteroatoms. The van der Waals surface area contributed by atoms with Crippen molar-refractivity contribution in [3.05, 3.63) is 35.4 Å². The Morgan fingerprint density at radius 3 is 2.69 bits per heavy atom. The van der Waals surface area contributed by atoms with Crippen molar-refractivity contribution in [3.8, 4) is 0 Å². The van der Waals surface area contributed by atoms with Crippen molar-refractivity contribution in [2.45, 2.75) is 12.8 Å². The monoisotopic (exact) mass is 224 g/mol. The van der Waals surface area contributed by atoms with Gasteiger partial charge < -0.3 is 14.9 Å². The molecular weight excluding hydrogens is 208 g/mol. The van der Waals surface area contributed by atoms with E-state index in [1.54, 1.807) is 12.1 Å². The summed E-state index contributed by atoms with van der Waals surface area (Å²) < 4.78 is 5.11. The van der Waals surface area contributed by atoms with Crippen LogP contribution in [0.25, 0.3) is 0 Å². The maximum absolute atomic E-state index is 10.9. The largest absolute Gasteiger partial charge is 0.478 e. The SMILES string of the molecule is O=C(O)c1ccccc1CCCOCCO. The predicted octanol–water partition coefficient (Wildman–Crippen LogP) is 1.33. The third-order valence-electron chi connectivity index (χ3n) is 2.22. The third kappa shape index (κ3) is 4.00. The number of ether oxygens (including phenoxy) is 1. The Hall–Kier alpha value is -1.39. The number of rotatable bonds is 7. The first kappa shape index (κ1) is 12.7. The van der Waals surface area contributed by atoms with E-state index in [0.29, 0.717) is 25.2 Å². The number of benzene rings is 1. The summed E-state index contributed by atoms with van der Waals surface area (Å²) in [5, 5.41) is 17.4. The summed E-state index contributed by atoms with van der Waals surface area (Å²) in [4.78, 5) is 10.9. The molecule has 0 atom stereocenters. The van der Waals surface area contributed by atoms with Gasteiger partial charge in [-0.2, -0.15) is 0 Å². The van der Waals surface area contributed by atoms with Crippen LogP contribution < -0.4 is 0 Å². The van der Waals surface area contributed by atoms with Gasteiger partial charge in [-0.25, -0.2) is 4.79 Å². The zero-order valence-electron chi connectivity index (χ0n) is 9.06. The Balaban J connectivity index is 2.44. The number of carboxylic acid groups (broad SMARTS) is 1. The van der Waals surface area contributed by atoms with Crippen molar-refractivity contribution in [2.75, 3.05) is 19.8 Å². The highest BCUT2D eigenvalue weighted by Crippen LogP contribution is 2.11. The van der Waals surface area contributed by atoms with Gasteiger partial charge in [0.15, 0.2) is 0 Å². The van der Waals surface area contributed by atoms with Crippen LogP contribution in [-0.2, 0) is 11.2 Å². The first-order valence-electron chi connectivity index (χ1n) is 5.25. The highest BCUT2D eigenvalue weighted by molar-refractivity contribution is 5.89. The van der Waals surface area contributed by atoms with Crippen LogP contribution in [0.5, 0.6) is 0 Å². The van der Waals surface area contributed by atoms with Gasteiger partial charge in [-0.05, 0) is 24.5 Å². The molecule has 1 aromatic carbocycles. The average Bonchev–Trinajstić information content (AvgIpc) is 2.29. The number of hydrogen-bond acceptors (Lipinski definition) is 3. The van der Waals surface area contributed by atoms with Crippen molar-refractivity contribution in [1.29, 1.82) is 0 Å². The second-order valence-electron chi connectivity index (χ2n) is 3.40. The predicted molar refractivity (Wildman–Crippen MR) is 59.6 cm³/mol. The molecule has 0 radical (unpaired) electrons. The summed E-state index contributed by atoms with van der Waals surface area (Å²) in [5.74, 6) is -0.896. The smallest absolute Gasteiger partial charge is 0.335 e. The Morgan fingerprint density at radius 2 is 2.00 bits per heavy atom. The fourth-order valence-corrected chi connectivity index (χ4v) is 1.48. The molecule has 0 bridgehead atoms.